The third kappa shape index (κ3) is 6.95. The number of carbonyl (C=O) groups is 2. The van der Waals surface area contributed by atoms with Crippen LogP contribution in [0.4, 0.5) is 10.5 Å². The van der Waals surface area contributed by atoms with Crippen LogP contribution in [0, 0.1) is 13.8 Å². The van der Waals surface area contributed by atoms with E-state index in [9.17, 15) is 9.59 Å². The van der Waals surface area contributed by atoms with Gasteiger partial charge in [0, 0.05) is 61.6 Å². The normalized spacial score (nSPS) is 16.3. The van der Waals surface area contributed by atoms with E-state index in [0.717, 1.165) is 53.4 Å². The van der Waals surface area contributed by atoms with Gasteiger partial charge in [0.2, 0.25) is 0 Å². The zero-order valence-corrected chi connectivity index (χ0v) is 23.1. The van der Waals surface area contributed by atoms with Crippen molar-refractivity contribution in [1.29, 1.82) is 0 Å². The van der Waals surface area contributed by atoms with Gasteiger partial charge in [0.05, 0.1) is 11.3 Å². The van der Waals surface area contributed by atoms with E-state index in [-0.39, 0.29) is 18.0 Å². The van der Waals surface area contributed by atoms with Crippen LogP contribution in [0.3, 0.4) is 0 Å². The Balaban J connectivity index is 1.32. The summed E-state index contributed by atoms with van der Waals surface area (Å²) in [4.78, 5) is 38.3. The highest BCUT2D eigenvalue weighted by Crippen LogP contribution is 2.23. The molecule has 2 aromatic heterocycles. The molecule has 1 aliphatic heterocycles. The van der Waals surface area contributed by atoms with Crippen molar-refractivity contribution in [2.75, 3.05) is 25.0 Å². The second-order valence-corrected chi connectivity index (χ2v) is 11.0. The van der Waals surface area contributed by atoms with Crippen molar-refractivity contribution in [1.82, 2.24) is 19.8 Å². The van der Waals surface area contributed by atoms with Crippen LogP contribution >= 0.6 is 0 Å². The summed E-state index contributed by atoms with van der Waals surface area (Å²) in [6.07, 6.45) is 3.12. The van der Waals surface area contributed by atoms with Crippen molar-refractivity contribution < 1.29 is 14.3 Å². The summed E-state index contributed by atoms with van der Waals surface area (Å²) >= 11 is 0. The van der Waals surface area contributed by atoms with Crippen LogP contribution in [0.5, 0.6) is 0 Å². The molecule has 1 atom stereocenters. The minimum Gasteiger partial charge on any atom is -0.444 e. The number of hydrogen-bond acceptors (Lipinski definition) is 6. The van der Waals surface area contributed by atoms with E-state index in [2.05, 4.69) is 27.1 Å². The standard InChI is InChI=1S/C30H37N5O3/c1-20-15-25(17-32-27(20)24-11-12-31-21(2)16-24)28(36)33-26-9-7-23(8-10-26)19-34-13-14-35(22(3)18-34)29(37)38-30(4,5)6/h7-12,15-17,22H,13-14,18-19H2,1-6H3,(H,33,36)/t22-/m0/s1. The van der Waals surface area contributed by atoms with E-state index in [0.29, 0.717) is 12.1 Å². The first kappa shape index (κ1) is 27.3. The topological polar surface area (TPSA) is 87.7 Å². The molecule has 0 spiro atoms. The molecule has 1 saturated heterocycles. The molecule has 0 bridgehead atoms. The number of rotatable bonds is 5. The van der Waals surface area contributed by atoms with Crippen LogP contribution in [0.25, 0.3) is 11.3 Å². The van der Waals surface area contributed by atoms with Crippen molar-refractivity contribution in [3.8, 4) is 11.3 Å². The summed E-state index contributed by atoms with van der Waals surface area (Å²) in [7, 11) is 0. The predicted molar refractivity (Wildman–Crippen MR) is 149 cm³/mol. The lowest BCUT2D eigenvalue weighted by molar-refractivity contribution is 0.000551. The van der Waals surface area contributed by atoms with Gasteiger partial charge in [-0.25, -0.2) is 4.79 Å². The fourth-order valence-corrected chi connectivity index (χ4v) is 4.62. The zero-order valence-electron chi connectivity index (χ0n) is 23.1. The number of nitrogens with one attached hydrogen (secondary N) is 1. The molecular weight excluding hydrogens is 478 g/mol. The molecule has 3 aromatic rings. The molecule has 0 unspecified atom stereocenters. The van der Waals surface area contributed by atoms with Gasteiger partial charge in [-0.05, 0) is 83.0 Å². The highest BCUT2D eigenvalue weighted by Gasteiger charge is 2.30. The Morgan fingerprint density at radius 3 is 2.42 bits per heavy atom. The van der Waals surface area contributed by atoms with Crippen molar-refractivity contribution in [3.63, 3.8) is 0 Å². The number of aromatic nitrogens is 2. The fraction of sp³-hybridized carbons (Fsp3) is 0.400. The average Bonchev–Trinajstić information content (AvgIpc) is 2.84. The Bertz CT molecular complexity index is 1300. The molecule has 38 heavy (non-hydrogen) atoms. The molecule has 2 amide bonds. The van der Waals surface area contributed by atoms with E-state index < -0.39 is 5.60 Å². The molecule has 1 N–H and O–H groups in total. The summed E-state index contributed by atoms with van der Waals surface area (Å²) in [5.74, 6) is -0.196. The van der Waals surface area contributed by atoms with Gasteiger partial charge in [0.25, 0.3) is 5.91 Å². The predicted octanol–water partition coefficient (Wildman–Crippen LogP) is 5.45. The number of aryl methyl sites for hydroxylation is 2. The Labute approximate surface area is 225 Å². The van der Waals surface area contributed by atoms with Crippen LogP contribution in [0.2, 0.25) is 0 Å². The minimum absolute atomic E-state index is 0.0724. The summed E-state index contributed by atoms with van der Waals surface area (Å²) in [5, 5.41) is 2.97. The quantitative estimate of drug-likeness (QED) is 0.486. The number of ether oxygens (including phenoxy) is 1. The number of nitrogens with zero attached hydrogens (tertiary/aromatic N) is 4. The SMILES string of the molecule is Cc1cc(-c2ncc(C(=O)Nc3ccc(CN4CCN(C(=O)OC(C)(C)C)[C@@H](C)C4)cc3)cc2C)ccn1. The van der Waals surface area contributed by atoms with Gasteiger partial charge in [0.15, 0.2) is 0 Å². The number of amides is 2. The van der Waals surface area contributed by atoms with Gasteiger partial charge in [-0.2, -0.15) is 0 Å². The summed E-state index contributed by atoms with van der Waals surface area (Å²) in [5.41, 5.74) is 5.58. The average molecular weight is 516 g/mol. The van der Waals surface area contributed by atoms with E-state index in [1.807, 2.05) is 82.0 Å². The van der Waals surface area contributed by atoms with Crippen LogP contribution in [0.1, 0.15) is 54.9 Å². The zero-order chi connectivity index (χ0) is 27.4. The first-order chi connectivity index (χ1) is 18.0. The lowest BCUT2D eigenvalue weighted by Gasteiger charge is -2.40. The number of anilines is 1. The first-order valence-corrected chi connectivity index (χ1v) is 13.0. The Hall–Kier alpha value is -3.78. The molecule has 4 rings (SSSR count). The highest BCUT2D eigenvalue weighted by atomic mass is 16.6. The smallest absolute Gasteiger partial charge is 0.410 e. The Morgan fingerprint density at radius 1 is 1.05 bits per heavy atom. The number of benzene rings is 1. The van der Waals surface area contributed by atoms with Crippen LogP contribution in [-0.2, 0) is 11.3 Å². The maximum absolute atomic E-state index is 12.9. The molecule has 8 nitrogen and oxygen atoms in total. The third-order valence-corrected chi connectivity index (χ3v) is 6.47. The van der Waals surface area contributed by atoms with Crippen molar-refractivity contribution in [2.45, 2.75) is 59.7 Å². The fourth-order valence-electron chi connectivity index (χ4n) is 4.62. The molecular formula is C30H37N5O3. The first-order valence-electron chi connectivity index (χ1n) is 13.0. The Kier molecular flexibility index (Phi) is 8.11. The molecule has 0 radical (unpaired) electrons. The highest BCUT2D eigenvalue weighted by molar-refractivity contribution is 6.04. The van der Waals surface area contributed by atoms with Gasteiger partial charge in [-0.15, -0.1) is 0 Å². The summed E-state index contributed by atoms with van der Waals surface area (Å²) in [6, 6.07) is 13.7. The number of pyridine rings is 2. The van der Waals surface area contributed by atoms with Crippen LogP contribution in [0.15, 0.2) is 54.9 Å². The molecule has 1 aromatic carbocycles. The molecule has 1 fully saturated rings. The monoisotopic (exact) mass is 515 g/mol. The maximum Gasteiger partial charge on any atom is 0.410 e. The van der Waals surface area contributed by atoms with E-state index in [1.165, 1.54) is 0 Å². The van der Waals surface area contributed by atoms with Gasteiger partial charge in [-0.1, -0.05) is 12.1 Å². The number of piperazine rings is 1. The van der Waals surface area contributed by atoms with E-state index in [4.69, 9.17) is 4.74 Å². The Morgan fingerprint density at radius 2 is 1.79 bits per heavy atom. The molecule has 1 aliphatic rings. The van der Waals surface area contributed by atoms with Gasteiger partial charge < -0.3 is 15.0 Å². The van der Waals surface area contributed by atoms with E-state index >= 15 is 0 Å². The molecule has 8 heteroatoms. The summed E-state index contributed by atoms with van der Waals surface area (Å²) < 4.78 is 5.54. The largest absolute Gasteiger partial charge is 0.444 e. The van der Waals surface area contributed by atoms with Crippen molar-refractivity contribution in [2.24, 2.45) is 0 Å². The number of carbonyl (C=O) groups excluding carboxylic acids is 2. The van der Waals surface area contributed by atoms with Gasteiger partial charge in [-0.3, -0.25) is 19.7 Å². The lowest BCUT2D eigenvalue weighted by Crippen LogP contribution is -2.54. The van der Waals surface area contributed by atoms with E-state index in [1.54, 1.807) is 12.4 Å². The molecule has 3 heterocycles. The summed E-state index contributed by atoms with van der Waals surface area (Å²) in [6.45, 7) is 14.6. The van der Waals surface area contributed by atoms with Gasteiger partial charge >= 0.3 is 6.09 Å². The van der Waals surface area contributed by atoms with Crippen LogP contribution < -0.4 is 5.32 Å². The lowest BCUT2D eigenvalue weighted by atomic mass is 10.1. The van der Waals surface area contributed by atoms with Crippen LogP contribution in [-0.4, -0.2) is 63.0 Å². The maximum atomic E-state index is 12.9. The molecule has 0 saturated carbocycles. The number of hydrogen-bond donors (Lipinski definition) is 1. The van der Waals surface area contributed by atoms with Gasteiger partial charge in [0.1, 0.15) is 5.60 Å². The molecule has 0 aliphatic carbocycles. The molecule has 200 valence electrons. The van der Waals surface area contributed by atoms with Crippen molar-refractivity contribution in [3.05, 3.63) is 77.2 Å². The second-order valence-electron chi connectivity index (χ2n) is 11.0. The minimum atomic E-state index is -0.497. The third-order valence-electron chi connectivity index (χ3n) is 6.47. The second kappa shape index (κ2) is 11.3. The van der Waals surface area contributed by atoms with Crippen molar-refractivity contribution >= 4 is 17.7 Å².